The number of aliphatic hydroxyl groups is 1. The van der Waals surface area contributed by atoms with E-state index < -0.39 is 12.2 Å². The van der Waals surface area contributed by atoms with Crippen molar-refractivity contribution in [3.63, 3.8) is 0 Å². The Morgan fingerprint density at radius 2 is 1.83 bits per heavy atom. The summed E-state index contributed by atoms with van der Waals surface area (Å²) >= 11 is 12.1. The Labute approximate surface area is 220 Å². The number of benzene rings is 2. The van der Waals surface area contributed by atoms with Crippen LogP contribution in [0.5, 0.6) is 0 Å². The predicted molar refractivity (Wildman–Crippen MR) is 138 cm³/mol. The molecule has 8 nitrogen and oxygen atoms in total. The molecule has 2 heterocycles. The quantitative estimate of drug-likeness (QED) is 0.526. The van der Waals surface area contributed by atoms with Gasteiger partial charge in [0.25, 0.3) is 0 Å². The van der Waals surface area contributed by atoms with Crippen molar-refractivity contribution >= 4 is 40.8 Å². The van der Waals surface area contributed by atoms with Gasteiger partial charge in [0, 0.05) is 15.7 Å². The number of nitrogens with one attached hydrogen (secondary N) is 2. The Kier molecular flexibility index (Phi) is 9.09. The van der Waals surface area contributed by atoms with Gasteiger partial charge in [-0.1, -0.05) is 53.5 Å². The number of halogens is 2. The van der Waals surface area contributed by atoms with Crippen LogP contribution in [0, 0.1) is 0 Å². The Balaban J connectivity index is 1.39. The summed E-state index contributed by atoms with van der Waals surface area (Å²) in [5.41, 5.74) is 1.49. The number of ether oxygens (including phenoxy) is 2. The molecule has 0 spiro atoms. The third-order valence-corrected chi connectivity index (χ3v) is 6.88. The minimum absolute atomic E-state index is 0.0824. The minimum Gasteiger partial charge on any atom is -0.389 e. The summed E-state index contributed by atoms with van der Waals surface area (Å²) in [5, 5.41) is 17.0. The van der Waals surface area contributed by atoms with Gasteiger partial charge in [-0.15, -0.1) is 0 Å². The van der Waals surface area contributed by atoms with Crippen LogP contribution >= 0.6 is 23.2 Å². The number of urea groups is 1. The normalized spacial score (nSPS) is 25.2. The topological polar surface area (TPSA) is 100 Å². The van der Waals surface area contributed by atoms with Crippen molar-refractivity contribution in [1.82, 2.24) is 10.2 Å². The van der Waals surface area contributed by atoms with Crippen molar-refractivity contribution in [2.24, 2.45) is 0 Å². The van der Waals surface area contributed by atoms with E-state index in [-0.39, 0.29) is 56.3 Å². The summed E-state index contributed by atoms with van der Waals surface area (Å²) in [6, 6.07) is 13.7. The van der Waals surface area contributed by atoms with Gasteiger partial charge >= 0.3 is 6.03 Å². The summed E-state index contributed by atoms with van der Waals surface area (Å²) in [5.74, 6) is -0.0931. The number of nitrogens with zero attached hydrogens (tertiary/aromatic N) is 1. The van der Waals surface area contributed by atoms with E-state index in [1.165, 1.54) is 0 Å². The maximum absolute atomic E-state index is 13.2. The SMILES string of the molecule is C[C@@H](NC(=O)C[C@@H]1CC[C@@H]2[C@H](COC[C@H](O)CN2C(=O)Nc2cc(Cl)cc(Cl)c2)O1)c1ccccc1. The first-order valence-corrected chi connectivity index (χ1v) is 12.8. The van der Waals surface area contributed by atoms with Gasteiger partial charge in [0.05, 0.1) is 50.5 Å². The van der Waals surface area contributed by atoms with Gasteiger partial charge in [-0.05, 0) is 43.5 Å². The van der Waals surface area contributed by atoms with Gasteiger partial charge in [-0.3, -0.25) is 4.79 Å². The fourth-order valence-electron chi connectivity index (χ4n) is 4.73. The maximum atomic E-state index is 13.2. The second-order valence-electron chi connectivity index (χ2n) is 9.28. The Hall–Kier alpha value is -2.36. The van der Waals surface area contributed by atoms with Gasteiger partial charge in [0.1, 0.15) is 6.10 Å². The lowest BCUT2D eigenvalue weighted by Crippen LogP contribution is -2.58. The van der Waals surface area contributed by atoms with Crippen LogP contribution in [0.1, 0.15) is 37.8 Å². The van der Waals surface area contributed by atoms with Crippen LogP contribution in [-0.2, 0) is 14.3 Å². The molecule has 0 radical (unpaired) electrons. The number of hydrogen-bond acceptors (Lipinski definition) is 5. The molecular weight excluding hydrogens is 505 g/mol. The van der Waals surface area contributed by atoms with Gasteiger partial charge in [0.2, 0.25) is 5.91 Å². The molecule has 0 unspecified atom stereocenters. The average molecular weight is 536 g/mol. The molecule has 3 amide bonds. The standard InChI is InChI=1S/C26H31Cl2N3O5/c1-16(17-5-3-2-4-6-17)29-25(33)12-22-7-8-23-24(36-22)15-35-14-21(32)13-31(23)26(34)30-20-10-18(27)9-19(28)11-20/h2-6,9-11,16,21-24,32H,7-8,12-15H2,1H3,(H,29,33)(H,30,34)/t16-,21-,22+,23-,24+/m1/s1. The molecule has 2 aromatic carbocycles. The lowest BCUT2D eigenvalue weighted by atomic mass is 9.94. The van der Waals surface area contributed by atoms with Crippen LogP contribution in [-0.4, -0.2) is 66.1 Å². The van der Waals surface area contributed by atoms with Crippen LogP contribution in [0.4, 0.5) is 10.5 Å². The molecule has 2 aromatic rings. The van der Waals surface area contributed by atoms with E-state index in [0.717, 1.165) is 5.56 Å². The number of β-amino-alcohol motifs (C(OH)–C–C–N with tert-alkyl or cyclic N) is 1. The van der Waals surface area contributed by atoms with E-state index in [9.17, 15) is 14.7 Å². The van der Waals surface area contributed by atoms with E-state index in [0.29, 0.717) is 28.6 Å². The zero-order valence-corrected chi connectivity index (χ0v) is 21.5. The molecule has 2 aliphatic rings. The van der Waals surface area contributed by atoms with Crippen molar-refractivity contribution in [2.75, 3.05) is 25.1 Å². The van der Waals surface area contributed by atoms with Gasteiger partial charge in [-0.2, -0.15) is 0 Å². The smallest absolute Gasteiger partial charge is 0.322 e. The average Bonchev–Trinajstić information content (AvgIpc) is 2.81. The molecule has 4 rings (SSSR count). The number of fused-ring (bicyclic) bond motifs is 1. The molecule has 2 aliphatic heterocycles. The molecule has 3 N–H and O–H groups in total. The third kappa shape index (κ3) is 7.11. The first-order chi connectivity index (χ1) is 17.3. The van der Waals surface area contributed by atoms with Gasteiger partial charge in [-0.25, -0.2) is 4.79 Å². The Bertz CT molecular complexity index is 1040. The zero-order valence-electron chi connectivity index (χ0n) is 20.0. The summed E-state index contributed by atoms with van der Waals surface area (Å²) < 4.78 is 11.9. The third-order valence-electron chi connectivity index (χ3n) is 6.45. The van der Waals surface area contributed by atoms with Crippen molar-refractivity contribution < 1.29 is 24.2 Å². The fraction of sp³-hybridized carbons (Fsp3) is 0.462. The predicted octanol–water partition coefficient (Wildman–Crippen LogP) is 4.40. The van der Waals surface area contributed by atoms with Gasteiger partial charge in [0.15, 0.2) is 0 Å². The van der Waals surface area contributed by atoms with E-state index in [4.69, 9.17) is 32.7 Å². The highest BCUT2D eigenvalue weighted by Crippen LogP contribution is 2.29. The summed E-state index contributed by atoms with van der Waals surface area (Å²) in [4.78, 5) is 27.5. The van der Waals surface area contributed by atoms with Crippen LogP contribution in [0.15, 0.2) is 48.5 Å². The molecular formula is C26H31Cl2N3O5. The molecule has 10 heteroatoms. The molecule has 2 fully saturated rings. The van der Waals surface area contributed by atoms with Crippen molar-refractivity contribution in [2.45, 2.75) is 56.6 Å². The highest BCUT2D eigenvalue weighted by atomic mass is 35.5. The largest absolute Gasteiger partial charge is 0.389 e. The number of carbonyl (C=O) groups is 2. The van der Waals surface area contributed by atoms with Crippen LogP contribution in [0.2, 0.25) is 10.0 Å². The molecule has 5 atom stereocenters. The minimum atomic E-state index is -0.831. The van der Waals surface area contributed by atoms with E-state index in [1.54, 1.807) is 23.1 Å². The summed E-state index contributed by atoms with van der Waals surface area (Å²) in [6.45, 7) is 2.33. The van der Waals surface area contributed by atoms with E-state index >= 15 is 0 Å². The van der Waals surface area contributed by atoms with Crippen molar-refractivity contribution in [3.8, 4) is 0 Å². The molecule has 0 saturated carbocycles. The molecule has 194 valence electrons. The molecule has 0 aromatic heterocycles. The van der Waals surface area contributed by atoms with E-state index in [1.807, 2.05) is 37.3 Å². The fourth-order valence-corrected chi connectivity index (χ4v) is 5.25. The number of anilines is 1. The summed E-state index contributed by atoms with van der Waals surface area (Å²) in [7, 11) is 0. The first kappa shape index (κ1) is 26.7. The Morgan fingerprint density at radius 3 is 2.56 bits per heavy atom. The first-order valence-electron chi connectivity index (χ1n) is 12.1. The number of rotatable bonds is 5. The number of aliphatic hydroxyl groups excluding tert-OH is 1. The highest BCUT2D eigenvalue weighted by Gasteiger charge is 2.40. The van der Waals surface area contributed by atoms with Crippen LogP contribution < -0.4 is 10.6 Å². The maximum Gasteiger partial charge on any atom is 0.322 e. The van der Waals surface area contributed by atoms with Crippen molar-refractivity contribution in [1.29, 1.82) is 0 Å². The number of amides is 3. The molecule has 36 heavy (non-hydrogen) atoms. The summed E-state index contributed by atoms with van der Waals surface area (Å²) in [6.07, 6.45) is -0.130. The second-order valence-corrected chi connectivity index (χ2v) is 10.2. The molecule has 0 bridgehead atoms. The highest BCUT2D eigenvalue weighted by molar-refractivity contribution is 6.35. The zero-order chi connectivity index (χ0) is 25.7. The number of carbonyl (C=O) groups excluding carboxylic acids is 2. The van der Waals surface area contributed by atoms with E-state index in [2.05, 4.69) is 10.6 Å². The Morgan fingerprint density at radius 1 is 1.11 bits per heavy atom. The van der Waals surface area contributed by atoms with Crippen molar-refractivity contribution in [3.05, 3.63) is 64.1 Å². The lowest BCUT2D eigenvalue weighted by Gasteiger charge is -2.44. The molecule has 0 aliphatic carbocycles. The number of hydrogen-bond donors (Lipinski definition) is 3. The molecule has 2 saturated heterocycles. The van der Waals surface area contributed by atoms with Crippen LogP contribution in [0.3, 0.4) is 0 Å². The van der Waals surface area contributed by atoms with Gasteiger partial charge < -0.3 is 30.1 Å². The monoisotopic (exact) mass is 535 g/mol. The second kappa shape index (κ2) is 12.3. The van der Waals surface area contributed by atoms with Crippen LogP contribution in [0.25, 0.3) is 0 Å². The lowest BCUT2D eigenvalue weighted by molar-refractivity contribution is -0.150.